The van der Waals surface area contributed by atoms with Crippen molar-refractivity contribution >= 4 is 38.9 Å². The molecule has 0 saturated carbocycles. The zero-order chi connectivity index (χ0) is 16.2. The van der Waals surface area contributed by atoms with Gasteiger partial charge >= 0.3 is 0 Å². The molecule has 1 aromatic rings. The summed E-state index contributed by atoms with van der Waals surface area (Å²) in [5, 5.41) is 30.7. The third-order valence-corrected chi connectivity index (χ3v) is 3.22. The number of nitrogens with zero attached hydrogens (tertiary/aromatic N) is 3. The second-order valence-electron chi connectivity index (χ2n) is 4.41. The van der Waals surface area contributed by atoms with E-state index < -0.39 is 10.8 Å². The summed E-state index contributed by atoms with van der Waals surface area (Å²) in [5.41, 5.74) is 7.92. The summed E-state index contributed by atoms with van der Waals surface area (Å²) < 4.78 is 0.435. The van der Waals surface area contributed by atoms with Crippen LogP contribution in [0.25, 0.3) is 0 Å². The molecule has 0 spiro atoms. The van der Waals surface area contributed by atoms with Crippen molar-refractivity contribution in [2.75, 3.05) is 5.43 Å². The lowest BCUT2D eigenvalue weighted by Gasteiger charge is -2.10. The van der Waals surface area contributed by atoms with Crippen LogP contribution in [0.3, 0.4) is 0 Å². The first-order valence-corrected chi connectivity index (χ1v) is 6.63. The highest BCUT2D eigenvalue weighted by molar-refractivity contribution is 9.10. The molecule has 0 bridgehead atoms. The van der Waals surface area contributed by atoms with Crippen LogP contribution in [-0.4, -0.2) is 16.5 Å². The van der Waals surface area contributed by atoms with Crippen molar-refractivity contribution < 1.29 is 4.92 Å². The van der Waals surface area contributed by atoms with Crippen molar-refractivity contribution in [2.24, 2.45) is 10.8 Å². The number of nitro groups is 1. The molecule has 21 heavy (non-hydrogen) atoms. The Hall–Kier alpha value is -2.47. The Morgan fingerprint density at radius 2 is 2.24 bits per heavy atom. The fraction of sp³-hybridized carbons (Fsp3) is 0.250. The van der Waals surface area contributed by atoms with Gasteiger partial charge in [-0.15, -0.1) is 0 Å². The number of benzene rings is 1. The van der Waals surface area contributed by atoms with E-state index in [1.54, 1.807) is 12.1 Å². The highest BCUT2D eigenvalue weighted by Gasteiger charge is 2.20. The van der Waals surface area contributed by atoms with E-state index in [9.17, 15) is 10.1 Å². The summed E-state index contributed by atoms with van der Waals surface area (Å²) in [5.74, 6) is -0.410. The van der Waals surface area contributed by atoms with Crippen molar-refractivity contribution in [3.8, 4) is 6.07 Å². The fourth-order valence-corrected chi connectivity index (χ4v) is 2.01. The average molecular weight is 353 g/mol. The van der Waals surface area contributed by atoms with E-state index in [-0.39, 0.29) is 23.0 Å². The largest absolute Gasteiger partial charge is 0.382 e. The number of hydrazone groups is 1. The summed E-state index contributed by atoms with van der Waals surface area (Å²) in [6, 6.07) is 4.79. The lowest BCUT2D eigenvalue weighted by atomic mass is 10.0. The standard InChI is InChI=1S/C12H13BrN6O2/c1-6(2)7-3-8(13)11(10(4-7)19(20)21)18-17-9(5-14)12(15)16/h3-4,6,18H,1-2H3,(H3,15,16)/b17-9+. The van der Waals surface area contributed by atoms with Crippen molar-refractivity contribution in [3.63, 3.8) is 0 Å². The summed E-state index contributed by atoms with van der Waals surface area (Å²) in [6.45, 7) is 3.83. The molecule has 8 nitrogen and oxygen atoms in total. The number of nitriles is 1. The summed E-state index contributed by atoms with van der Waals surface area (Å²) in [6.07, 6.45) is 0. The number of anilines is 1. The second kappa shape index (κ2) is 6.81. The van der Waals surface area contributed by atoms with Gasteiger partial charge in [0.25, 0.3) is 5.69 Å². The van der Waals surface area contributed by atoms with Gasteiger partial charge in [-0.25, -0.2) is 0 Å². The van der Waals surface area contributed by atoms with Crippen LogP contribution in [0.15, 0.2) is 21.7 Å². The zero-order valence-electron chi connectivity index (χ0n) is 11.3. The van der Waals surface area contributed by atoms with Crippen LogP contribution >= 0.6 is 15.9 Å². The molecule has 9 heteroatoms. The van der Waals surface area contributed by atoms with Crippen LogP contribution in [0, 0.1) is 26.9 Å². The maximum Gasteiger partial charge on any atom is 0.295 e. The lowest BCUT2D eigenvalue weighted by molar-refractivity contribution is -0.384. The van der Waals surface area contributed by atoms with Gasteiger partial charge in [0.1, 0.15) is 11.8 Å². The van der Waals surface area contributed by atoms with E-state index in [0.29, 0.717) is 4.47 Å². The number of nitrogens with one attached hydrogen (secondary N) is 2. The quantitative estimate of drug-likeness (QED) is 0.323. The molecule has 0 radical (unpaired) electrons. The topological polar surface area (TPSA) is 141 Å². The second-order valence-corrected chi connectivity index (χ2v) is 5.26. The molecular weight excluding hydrogens is 340 g/mol. The van der Waals surface area contributed by atoms with Gasteiger partial charge in [-0.05, 0) is 33.5 Å². The molecule has 0 aliphatic carbocycles. The van der Waals surface area contributed by atoms with Crippen LogP contribution in [0.1, 0.15) is 25.3 Å². The van der Waals surface area contributed by atoms with Crippen LogP contribution in [0.2, 0.25) is 0 Å². The molecule has 4 N–H and O–H groups in total. The van der Waals surface area contributed by atoms with Gasteiger partial charge in [0, 0.05) is 10.5 Å². The minimum Gasteiger partial charge on any atom is -0.382 e. The minimum absolute atomic E-state index is 0.0957. The van der Waals surface area contributed by atoms with E-state index in [1.807, 2.05) is 13.8 Å². The first-order valence-electron chi connectivity index (χ1n) is 5.84. The van der Waals surface area contributed by atoms with Crippen LogP contribution in [0.4, 0.5) is 11.4 Å². The van der Waals surface area contributed by atoms with Crippen LogP contribution in [-0.2, 0) is 0 Å². The van der Waals surface area contributed by atoms with Crippen molar-refractivity contribution in [1.29, 1.82) is 10.7 Å². The Labute approximate surface area is 129 Å². The number of nitro benzene ring substituents is 1. The van der Waals surface area contributed by atoms with Crippen LogP contribution in [0.5, 0.6) is 0 Å². The third kappa shape index (κ3) is 4.00. The molecule has 0 unspecified atom stereocenters. The fourth-order valence-electron chi connectivity index (χ4n) is 1.46. The lowest BCUT2D eigenvalue weighted by Crippen LogP contribution is -2.22. The molecule has 0 aromatic heterocycles. The molecule has 0 saturated heterocycles. The Morgan fingerprint density at radius 1 is 1.62 bits per heavy atom. The number of nitrogens with two attached hydrogens (primary N) is 1. The predicted molar refractivity (Wildman–Crippen MR) is 83.5 cm³/mol. The average Bonchev–Trinajstić information content (AvgIpc) is 2.39. The summed E-state index contributed by atoms with van der Waals surface area (Å²) >= 11 is 3.24. The molecule has 0 aliphatic heterocycles. The molecule has 110 valence electrons. The molecule has 0 amide bonds. The molecule has 1 rings (SSSR count). The molecule has 0 aliphatic rings. The normalized spacial score (nSPS) is 11.1. The first kappa shape index (κ1) is 16.6. The Bertz CT molecular complexity index is 662. The molecule has 1 aromatic carbocycles. The number of halogens is 1. The molecule has 0 atom stereocenters. The van der Waals surface area contributed by atoms with E-state index >= 15 is 0 Å². The highest BCUT2D eigenvalue weighted by atomic mass is 79.9. The Balaban J connectivity index is 3.33. The van der Waals surface area contributed by atoms with E-state index in [2.05, 4.69) is 26.5 Å². The third-order valence-electron chi connectivity index (χ3n) is 2.60. The van der Waals surface area contributed by atoms with Gasteiger partial charge in [0.05, 0.1) is 4.92 Å². The number of hydrogen-bond donors (Lipinski definition) is 3. The Kier molecular flexibility index (Phi) is 5.37. The smallest absolute Gasteiger partial charge is 0.295 e. The van der Waals surface area contributed by atoms with Gasteiger partial charge in [-0.2, -0.15) is 10.4 Å². The maximum absolute atomic E-state index is 11.2. The number of hydrogen-bond acceptors (Lipinski definition) is 6. The molecule has 0 fully saturated rings. The number of rotatable bonds is 5. The van der Waals surface area contributed by atoms with Gasteiger partial charge in [-0.3, -0.25) is 20.9 Å². The SMILES string of the molecule is CC(C)c1cc(Br)c(N/N=C(\C#N)C(=N)N)c([N+](=O)[O-])c1. The van der Waals surface area contributed by atoms with Crippen molar-refractivity contribution in [1.82, 2.24) is 0 Å². The summed E-state index contributed by atoms with van der Waals surface area (Å²) in [4.78, 5) is 10.6. The zero-order valence-corrected chi connectivity index (χ0v) is 12.9. The Morgan fingerprint density at radius 3 is 2.67 bits per heavy atom. The maximum atomic E-state index is 11.2. The van der Waals surface area contributed by atoms with Gasteiger partial charge < -0.3 is 5.73 Å². The highest BCUT2D eigenvalue weighted by Crippen LogP contribution is 2.36. The van der Waals surface area contributed by atoms with Crippen LogP contribution < -0.4 is 11.2 Å². The monoisotopic (exact) mass is 352 g/mol. The van der Waals surface area contributed by atoms with E-state index in [1.165, 1.54) is 6.07 Å². The number of amidine groups is 1. The van der Waals surface area contributed by atoms with Gasteiger partial charge in [0.2, 0.25) is 5.71 Å². The molecular formula is C12H13BrN6O2. The van der Waals surface area contributed by atoms with Gasteiger partial charge in [0.15, 0.2) is 5.84 Å². The molecule has 0 heterocycles. The minimum atomic E-state index is -0.547. The predicted octanol–water partition coefficient (Wildman–Crippen LogP) is 2.71. The first-order chi connectivity index (χ1) is 9.77. The van der Waals surface area contributed by atoms with Crippen molar-refractivity contribution in [2.45, 2.75) is 19.8 Å². The van der Waals surface area contributed by atoms with E-state index in [4.69, 9.17) is 16.4 Å². The van der Waals surface area contributed by atoms with Crippen molar-refractivity contribution in [3.05, 3.63) is 32.3 Å². The summed E-state index contributed by atoms with van der Waals surface area (Å²) in [7, 11) is 0. The van der Waals surface area contributed by atoms with Gasteiger partial charge in [-0.1, -0.05) is 13.8 Å². The van der Waals surface area contributed by atoms with E-state index in [0.717, 1.165) is 5.56 Å².